The molecule has 94 valence electrons. The van der Waals surface area contributed by atoms with Gasteiger partial charge in [0.1, 0.15) is 6.29 Å². The Labute approximate surface area is 104 Å². The fourth-order valence-electron chi connectivity index (χ4n) is 2.42. The Balaban J connectivity index is 2.27. The summed E-state index contributed by atoms with van der Waals surface area (Å²) in [6, 6.07) is 0. The molecule has 0 radical (unpaired) electrons. The minimum absolute atomic E-state index is 0.329. The third-order valence-corrected chi connectivity index (χ3v) is 4.41. The van der Waals surface area contributed by atoms with E-state index >= 15 is 0 Å². The molecule has 1 saturated heterocycles. The smallest absolute Gasteiger partial charge is 0.400 e. The number of hydrogen-bond acceptors (Lipinski definition) is 3. The first kappa shape index (κ1) is 12.8. The zero-order valence-corrected chi connectivity index (χ0v) is 11.4. The third kappa shape index (κ3) is 1.98. The standard InChI is InChI=1S/C13H21BO3/c1-9-6-7-11(10(9)8-15)14-16-12(2,3)13(4,5)17-14/h8-9H,6-7H2,1-5H3. The van der Waals surface area contributed by atoms with Crippen molar-refractivity contribution in [2.75, 3.05) is 0 Å². The summed E-state index contributed by atoms with van der Waals surface area (Å²) in [5.41, 5.74) is 1.27. The van der Waals surface area contributed by atoms with Crippen LogP contribution in [0.3, 0.4) is 0 Å². The third-order valence-electron chi connectivity index (χ3n) is 4.41. The maximum absolute atomic E-state index is 11.1. The van der Waals surface area contributed by atoms with E-state index in [9.17, 15) is 4.79 Å². The Morgan fingerprint density at radius 1 is 1.24 bits per heavy atom. The summed E-state index contributed by atoms with van der Waals surface area (Å²) < 4.78 is 12.0. The van der Waals surface area contributed by atoms with Crippen molar-refractivity contribution in [1.82, 2.24) is 0 Å². The molecule has 0 aromatic rings. The summed E-state index contributed by atoms with van der Waals surface area (Å²) in [5.74, 6) is 0.335. The van der Waals surface area contributed by atoms with Crippen molar-refractivity contribution in [2.24, 2.45) is 5.92 Å². The Bertz CT molecular complexity index is 355. The van der Waals surface area contributed by atoms with E-state index < -0.39 is 0 Å². The molecule has 2 rings (SSSR count). The molecule has 0 spiro atoms. The highest BCUT2D eigenvalue weighted by molar-refractivity contribution is 6.55. The molecule has 0 saturated carbocycles. The molecule has 1 heterocycles. The number of allylic oxidation sites excluding steroid dienone is 2. The number of rotatable bonds is 2. The van der Waals surface area contributed by atoms with Gasteiger partial charge in [-0.05, 0) is 57.5 Å². The molecule has 2 aliphatic rings. The van der Waals surface area contributed by atoms with Crippen LogP contribution in [0.25, 0.3) is 0 Å². The first-order chi connectivity index (χ1) is 7.78. The molecule has 0 bridgehead atoms. The van der Waals surface area contributed by atoms with Gasteiger partial charge >= 0.3 is 7.12 Å². The molecule has 0 N–H and O–H groups in total. The molecule has 4 heteroatoms. The lowest BCUT2D eigenvalue weighted by molar-refractivity contribution is -0.105. The average Bonchev–Trinajstić information content (AvgIpc) is 2.65. The van der Waals surface area contributed by atoms with Crippen molar-refractivity contribution in [3.05, 3.63) is 11.0 Å². The van der Waals surface area contributed by atoms with Gasteiger partial charge in [-0.3, -0.25) is 4.79 Å². The summed E-state index contributed by atoms with van der Waals surface area (Å²) in [6.45, 7) is 10.2. The number of aldehydes is 1. The van der Waals surface area contributed by atoms with E-state index in [2.05, 4.69) is 6.92 Å². The van der Waals surface area contributed by atoms with E-state index in [4.69, 9.17) is 9.31 Å². The fraction of sp³-hybridized carbons (Fsp3) is 0.769. The zero-order chi connectivity index (χ0) is 12.8. The summed E-state index contributed by atoms with van der Waals surface area (Å²) >= 11 is 0. The second kappa shape index (κ2) is 3.96. The SMILES string of the molecule is CC1CCC(B2OC(C)(C)C(C)(C)O2)=C1C=O. The first-order valence-electron chi connectivity index (χ1n) is 6.32. The molecule has 0 amide bonds. The van der Waals surface area contributed by atoms with Crippen LogP contribution in [0.4, 0.5) is 0 Å². The largest absolute Gasteiger partial charge is 0.490 e. The summed E-state index contributed by atoms with van der Waals surface area (Å²) in [4.78, 5) is 11.1. The van der Waals surface area contributed by atoms with Gasteiger partial charge in [0.15, 0.2) is 0 Å². The molecular formula is C13H21BO3. The minimum atomic E-state index is -0.342. The normalized spacial score (nSPS) is 31.1. The molecule has 1 fully saturated rings. The van der Waals surface area contributed by atoms with Crippen LogP contribution in [0.1, 0.15) is 47.5 Å². The van der Waals surface area contributed by atoms with Crippen LogP contribution >= 0.6 is 0 Å². The lowest BCUT2D eigenvalue weighted by Crippen LogP contribution is -2.41. The maximum Gasteiger partial charge on any atom is 0.490 e. The predicted molar refractivity (Wildman–Crippen MR) is 67.6 cm³/mol. The van der Waals surface area contributed by atoms with Crippen LogP contribution in [0, 0.1) is 5.92 Å². The van der Waals surface area contributed by atoms with Gasteiger partial charge in [-0.15, -0.1) is 0 Å². The lowest BCUT2D eigenvalue weighted by Gasteiger charge is -2.32. The van der Waals surface area contributed by atoms with Crippen LogP contribution in [0.15, 0.2) is 11.0 Å². The molecule has 1 aliphatic heterocycles. The molecular weight excluding hydrogens is 215 g/mol. The molecule has 0 aromatic carbocycles. The molecule has 17 heavy (non-hydrogen) atoms. The van der Waals surface area contributed by atoms with Crippen molar-refractivity contribution >= 4 is 13.4 Å². The summed E-state index contributed by atoms with van der Waals surface area (Å²) in [5, 5.41) is 0. The summed E-state index contributed by atoms with van der Waals surface area (Å²) in [7, 11) is -0.342. The monoisotopic (exact) mass is 236 g/mol. The Morgan fingerprint density at radius 3 is 2.24 bits per heavy atom. The van der Waals surface area contributed by atoms with Crippen molar-refractivity contribution in [3.8, 4) is 0 Å². The van der Waals surface area contributed by atoms with Gasteiger partial charge in [0.05, 0.1) is 11.2 Å². The quantitative estimate of drug-likeness (QED) is 0.546. The fourth-order valence-corrected chi connectivity index (χ4v) is 2.42. The van der Waals surface area contributed by atoms with Crippen LogP contribution in [0.5, 0.6) is 0 Å². The average molecular weight is 236 g/mol. The highest BCUT2D eigenvalue weighted by Crippen LogP contribution is 2.42. The second-order valence-corrected chi connectivity index (χ2v) is 6.13. The number of carbonyl (C=O) groups excluding carboxylic acids is 1. The molecule has 0 aromatic heterocycles. The second-order valence-electron chi connectivity index (χ2n) is 6.13. The van der Waals surface area contributed by atoms with Crippen molar-refractivity contribution in [3.63, 3.8) is 0 Å². The minimum Gasteiger partial charge on any atom is -0.400 e. The van der Waals surface area contributed by atoms with Gasteiger partial charge in [0, 0.05) is 0 Å². The van der Waals surface area contributed by atoms with Crippen LogP contribution in [-0.4, -0.2) is 24.6 Å². The maximum atomic E-state index is 11.1. The van der Waals surface area contributed by atoms with Crippen molar-refractivity contribution in [1.29, 1.82) is 0 Å². The Morgan fingerprint density at radius 2 is 1.76 bits per heavy atom. The molecule has 1 aliphatic carbocycles. The van der Waals surface area contributed by atoms with E-state index in [0.717, 1.165) is 30.2 Å². The Hall–Kier alpha value is -0.605. The van der Waals surface area contributed by atoms with Gasteiger partial charge in [-0.1, -0.05) is 6.92 Å². The number of hydrogen-bond donors (Lipinski definition) is 0. The van der Waals surface area contributed by atoms with Crippen LogP contribution < -0.4 is 0 Å². The van der Waals surface area contributed by atoms with Crippen molar-refractivity contribution in [2.45, 2.75) is 58.7 Å². The topological polar surface area (TPSA) is 35.5 Å². The van der Waals surface area contributed by atoms with E-state index in [1.807, 2.05) is 27.7 Å². The van der Waals surface area contributed by atoms with Gasteiger partial charge in [0.25, 0.3) is 0 Å². The number of carbonyl (C=O) groups is 1. The zero-order valence-electron chi connectivity index (χ0n) is 11.4. The van der Waals surface area contributed by atoms with Crippen molar-refractivity contribution < 1.29 is 14.1 Å². The molecule has 3 nitrogen and oxygen atoms in total. The van der Waals surface area contributed by atoms with Crippen LogP contribution in [-0.2, 0) is 14.1 Å². The van der Waals surface area contributed by atoms with Gasteiger partial charge in [0.2, 0.25) is 0 Å². The predicted octanol–water partition coefficient (Wildman–Crippen LogP) is 2.54. The van der Waals surface area contributed by atoms with Crippen LogP contribution in [0.2, 0.25) is 0 Å². The van der Waals surface area contributed by atoms with Gasteiger partial charge in [-0.25, -0.2) is 0 Å². The van der Waals surface area contributed by atoms with E-state index in [-0.39, 0.29) is 18.3 Å². The molecule has 1 atom stereocenters. The summed E-state index contributed by atoms with van der Waals surface area (Å²) in [6.07, 6.45) is 2.90. The lowest BCUT2D eigenvalue weighted by atomic mass is 9.75. The highest BCUT2D eigenvalue weighted by Gasteiger charge is 2.53. The van der Waals surface area contributed by atoms with Gasteiger partial charge in [-0.2, -0.15) is 0 Å². The highest BCUT2D eigenvalue weighted by atomic mass is 16.7. The van der Waals surface area contributed by atoms with E-state index in [0.29, 0.717) is 5.92 Å². The molecule has 1 unspecified atom stereocenters. The Kier molecular flexibility index (Phi) is 2.99. The van der Waals surface area contributed by atoms with Gasteiger partial charge < -0.3 is 9.31 Å². The first-order valence-corrected chi connectivity index (χ1v) is 6.32. The van der Waals surface area contributed by atoms with E-state index in [1.54, 1.807) is 0 Å². The van der Waals surface area contributed by atoms with E-state index in [1.165, 1.54) is 0 Å².